The van der Waals surface area contributed by atoms with Crippen LogP contribution in [-0.2, 0) is 11.3 Å². The maximum absolute atomic E-state index is 12.3. The van der Waals surface area contributed by atoms with Gasteiger partial charge in [-0.3, -0.25) is 9.36 Å². The molecule has 0 aliphatic carbocycles. The van der Waals surface area contributed by atoms with Crippen LogP contribution in [0.1, 0.15) is 5.56 Å². The van der Waals surface area contributed by atoms with E-state index < -0.39 is 0 Å². The van der Waals surface area contributed by atoms with Gasteiger partial charge in [-0.15, -0.1) is 10.2 Å². The van der Waals surface area contributed by atoms with Crippen molar-refractivity contribution in [2.45, 2.75) is 11.7 Å². The van der Waals surface area contributed by atoms with Crippen LogP contribution < -0.4 is 10.1 Å². The molecule has 9 nitrogen and oxygen atoms in total. The van der Waals surface area contributed by atoms with Gasteiger partial charge in [0.25, 0.3) is 0 Å². The Hall–Kier alpha value is -3.66. The summed E-state index contributed by atoms with van der Waals surface area (Å²) in [4.78, 5) is 16.2. The van der Waals surface area contributed by atoms with Gasteiger partial charge < -0.3 is 10.1 Å². The Morgan fingerprint density at radius 1 is 1.07 bits per heavy atom. The summed E-state index contributed by atoms with van der Waals surface area (Å²) in [6.07, 6.45) is 4.75. The van der Waals surface area contributed by atoms with Crippen LogP contribution in [0.5, 0.6) is 5.75 Å². The van der Waals surface area contributed by atoms with E-state index >= 15 is 0 Å². The van der Waals surface area contributed by atoms with Gasteiger partial charge in [-0.2, -0.15) is 5.10 Å². The number of methoxy groups -OCH3 is 1. The summed E-state index contributed by atoms with van der Waals surface area (Å²) in [7, 11) is 1.62. The highest BCUT2D eigenvalue weighted by molar-refractivity contribution is 7.99. The summed E-state index contributed by atoms with van der Waals surface area (Å²) in [5, 5.41) is 15.7. The number of nitrogens with zero attached hydrogens (tertiary/aromatic N) is 6. The molecule has 152 valence electrons. The van der Waals surface area contributed by atoms with Gasteiger partial charge in [0.2, 0.25) is 5.91 Å². The Balaban J connectivity index is 1.30. The van der Waals surface area contributed by atoms with Gasteiger partial charge in [0.1, 0.15) is 24.7 Å². The fourth-order valence-electron chi connectivity index (χ4n) is 2.73. The number of aromatic nitrogens is 6. The number of hydrogen-bond donors (Lipinski definition) is 1. The minimum absolute atomic E-state index is 0.0790. The molecule has 0 saturated carbocycles. The van der Waals surface area contributed by atoms with Gasteiger partial charge in [0.05, 0.1) is 18.6 Å². The molecular weight excluding hydrogens is 402 g/mol. The number of hydrogen-bond acceptors (Lipinski definition) is 7. The van der Waals surface area contributed by atoms with Crippen molar-refractivity contribution in [1.29, 1.82) is 0 Å². The third-order valence-electron chi connectivity index (χ3n) is 4.31. The first-order valence-corrected chi connectivity index (χ1v) is 10.1. The van der Waals surface area contributed by atoms with Crippen molar-refractivity contribution in [2.75, 3.05) is 12.9 Å². The largest absolute Gasteiger partial charge is 0.497 e. The molecule has 0 fully saturated rings. The van der Waals surface area contributed by atoms with E-state index in [1.165, 1.54) is 18.1 Å². The molecule has 30 heavy (non-hydrogen) atoms. The van der Waals surface area contributed by atoms with Gasteiger partial charge in [0, 0.05) is 12.2 Å². The van der Waals surface area contributed by atoms with Crippen molar-refractivity contribution in [3.8, 4) is 17.1 Å². The maximum atomic E-state index is 12.3. The molecule has 0 saturated heterocycles. The van der Waals surface area contributed by atoms with Crippen LogP contribution >= 0.6 is 11.8 Å². The highest BCUT2D eigenvalue weighted by Gasteiger charge is 2.10. The van der Waals surface area contributed by atoms with Crippen molar-refractivity contribution >= 4 is 17.7 Å². The van der Waals surface area contributed by atoms with Crippen LogP contribution in [0.4, 0.5) is 0 Å². The Morgan fingerprint density at radius 3 is 2.53 bits per heavy atom. The van der Waals surface area contributed by atoms with Crippen molar-refractivity contribution in [3.63, 3.8) is 0 Å². The minimum Gasteiger partial charge on any atom is -0.497 e. The van der Waals surface area contributed by atoms with Crippen LogP contribution in [0, 0.1) is 0 Å². The van der Waals surface area contributed by atoms with Crippen LogP contribution in [0.2, 0.25) is 0 Å². The number of rotatable bonds is 8. The molecule has 1 amide bonds. The lowest BCUT2D eigenvalue weighted by atomic mass is 10.2. The first kappa shape index (κ1) is 19.6. The number of carbonyl (C=O) groups is 1. The third-order valence-corrected chi connectivity index (χ3v) is 5.25. The van der Waals surface area contributed by atoms with Crippen LogP contribution in [0.25, 0.3) is 11.4 Å². The van der Waals surface area contributed by atoms with Crippen molar-refractivity contribution in [1.82, 2.24) is 34.8 Å². The SMILES string of the molecule is COc1ccc(-n2cnnc2SCC(=O)NCc2ccc(-n3cncn3)cc2)cc1. The maximum Gasteiger partial charge on any atom is 0.230 e. The predicted octanol–water partition coefficient (Wildman–Crippen LogP) is 2.27. The molecule has 1 N–H and O–H groups in total. The second-order valence-electron chi connectivity index (χ2n) is 6.25. The predicted molar refractivity (Wildman–Crippen MR) is 112 cm³/mol. The number of thioether (sulfide) groups is 1. The zero-order valence-electron chi connectivity index (χ0n) is 16.2. The molecular formula is C20H19N7O2S. The van der Waals surface area contributed by atoms with E-state index in [4.69, 9.17) is 4.74 Å². The van der Waals surface area contributed by atoms with Crippen LogP contribution in [0.3, 0.4) is 0 Å². The summed E-state index contributed by atoms with van der Waals surface area (Å²) in [6.45, 7) is 0.447. The zero-order valence-corrected chi connectivity index (χ0v) is 17.0. The lowest BCUT2D eigenvalue weighted by molar-refractivity contribution is -0.118. The average Bonchev–Trinajstić information content (AvgIpc) is 3.49. The fourth-order valence-corrected chi connectivity index (χ4v) is 3.49. The molecule has 2 aromatic heterocycles. The Kier molecular flexibility index (Phi) is 6.04. The molecule has 4 rings (SSSR count). The van der Waals surface area contributed by atoms with E-state index in [1.807, 2.05) is 53.1 Å². The molecule has 2 aromatic carbocycles. The molecule has 0 radical (unpaired) electrons. The molecule has 0 aliphatic heterocycles. The lowest BCUT2D eigenvalue weighted by Gasteiger charge is -2.08. The molecule has 0 bridgehead atoms. The zero-order chi connectivity index (χ0) is 20.8. The number of nitrogens with one attached hydrogen (secondary N) is 1. The Morgan fingerprint density at radius 2 is 1.83 bits per heavy atom. The molecule has 4 aromatic rings. The first-order chi connectivity index (χ1) is 14.7. The smallest absolute Gasteiger partial charge is 0.230 e. The Labute approximate surface area is 177 Å². The highest BCUT2D eigenvalue weighted by Crippen LogP contribution is 2.21. The van der Waals surface area contributed by atoms with Crippen molar-refractivity contribution in [2.24, 2.45) is 0 Å². The second-order valence-corrected chi connectivity index (χ2v) is 7.20. The van der Waals surface area contributed by atoms with E-state index in [0.717, 1.165) is 22.7 Å². The van der Waals surface area contributed by atoms with Crippen molar-refractivity contribution < 1.29 is 9.53 Å². The van der Waals surface area contributed by atoms with Gasteiger partial charge in [-0.05, 0) is 42.0 Å². The van der Waals surface area contributed by atoms with Gasteiger partial charge in [0.15, 0.2) is 5.16 Å². The summed E-state index contributed by atoms with van der Waals surface area (Å²) in [6, 6.07) is 15.3. The van der Waals surface area contributed by atoms with E-state index in [-0.39, 0.29) is 11.7 Å². The fraction of sp³-hybridized carbons (Fsp3) is 0.150. The van der Waals surface area contributed by atoms with E-state index in [1.54, 1.807) is 24.4 Å². The van der Waals surface area contributed by atoms with E-state index in [0.29, 0.717) is 11.7 Å². The van der Waals surface area contributed by atoms with Gasteiger partial charge in [-0.25, -0.2) is 9.67 Å². The average molecular weight is 421 g/mol. The topological polar surface area (TPSA) is 99.8 Å². The molecule has 0 spiro atoms. The van der Waals surface area contributed by atoms with Gasteiger partial charge in [-0.1, -0.05) is 23.9 Å². The first-order valence-electron chi connectivity index (χ1n) is 9.11. The molecule has 0 atom stereocenters. The Bertz CT molecular complexity index is 1090. The van der Waals surface area contributed by atoms with Crippen LogP contribution in [-0.4, -0.2) is 48.3 Å². The molecule has 10 heteroatoms. The number of benzene rings is 2. The molecule has 0 aliphatic rings. The summed E-state index contributed by atoms with van der Waals surface area (Å²) in [5.74, 6) is 0.936. The van der Waals surface area contributed by atoms with Crippen LogP contribution in [0.15, 0.2) is 72.7 Å². The van der Waals surface area contributed by atoms with E-state index in [2.05, 4.69) is 25.6 Å². The quantitative estimate of drug-likeness (QED) is 0.436. The van der Waals surface area contributed by atoms with Gasteiger partial charge >= 0.3 is 0 Å². The third kappa shape index (κ3) is 4.66. The molecule has 0 unspecified atom stereocenters. The van der Waals surface area contributed by atoms with Crippen molar-refractivity contribution in [3.05, 3.63) is 73.1 Å². The second kappa shape index (κ2) is 9.23. The standard InChI is InChI=1S/C20H19N7O2S/c1-29-18-8-6-16(7-9-18)26-14-23-25-20(26)30-11-19(28)22-10-15-2-4-17(5-3-15)27-13-21-12-24-27/h2-9,12-14H,10-11H2,1H3,(H,22,28). The summed E-state index contributed by atoms with van der Waals surface area (Å²) >= 11 is 1.33. The number of carbonyl (C=O) groups excluding carboxylic acids is 1. The minimum atomic E-state index is -0.0790. The monoisotopic (exact) mass is 421 g/mol. The van der Waals surface area contributed by atoms with E-state index in [9.17, 15) is 4.79 Å². The number of amides is 1. The number of ether oxygens (including phenoxy) is 1. The summed E-state index contributed by atoms with van der Waals surface area (Å²) in [5.41, 5.74) is 2.81. The normalized spacial score (nSPS) is 10.7. The molecule has 2 heterocycles. The highest BCUT2D eigenvalue weighted by atomic mass is 32.2. The lowest BCUT2D eigenvalue weighted by Crippen LogP contribution is -2.24. The summed E-state index contributed by atoms with van der Waals surface area (Å²) < 4.78 is 8.69.